The van der Waals surface area contributed by atoms with Crippen molar-refractivity contribution in [2.45, 2.75) is 42.8 Å². The largest absolute Gasteiger partial charge is 0.481 e. The van der Waals surface area contributed by atoms with E-state index in [0.717, 1.165) is 35.1 Å². The van der Waals surface area contributed by atoms with Crippen LogP contribution >= 0.6 is 11.8 Å². The normalized spacial score (nSPS) is 16.2. The summed E-state index contributed by atoms with van der Waals surface area (Å²) < 4.78 is 20.0. The summed E-state index contributed by atoms with van der Waals surface area (Å²) in [6, 6.07) is 9.27. The third kappa shape index (κ3) is 3.01. The number of aryl methyl sites for hydroxylation is 1. The molecule has 0 fully saturated rings. The molecule has 1 aliphatic carbocycles. The van der Waals surface area contributed by atoms with Gasteiger partial charge in [-0.2, -0.15) is 0 Å². The SMILES string of the molecule is CCc1ccc(F)c2c1CCC2Sc1ccc2c(CC(=O)O)coc2c1. The molecule has 3 aromatic rings. The smallest absolute Gasteiger partial charge is 0.307 e. The molecule has 3 nitrogen and oxygen atoms in total. The van der Waals surface area contributed by atoms with Crippen LogP contribution in [0.1, 0.15) is 40.8 Å². The zero-order valence-corrected chi connectivity index (χ0v) is 15.2. The van der Waals surface area contributed by atoms with Gasteiger partial charge in [-0.15, -0.1) is 11.8 Å². The summed E-state index contributed by atoms with van der Waals surface area (Å²) in [5, 5.41) is 9.89. The maximum absolute atomic E-state index is 14.5. The molecule has 0 saturated carbocycles. The lowest BCUT2D eigenvalue weighted by atomic mass is 10.0. The second-order valence-electron chi connectivity index (χ2n) is 6.59. The van der Waals surface area contributed by atoms with Crippen molar-refractivity contribution < 1.29 is 18.7 Å². The molecule has 1 atom stereocenters. The van der Waals surface area contributed by atoms with Crippen LogP contribution in [0.5, 0.6) is 0 Å². The highest BCUT2D eigenvalue weighted by Gasteiger charge is 2.28. The number of halogens is 1. The predicted molar refractivity (Wildman–Crippen MR) is 100 cm³/mol. The molecule has 1 heterocycles. The molecule has 0 bridgehead atoms. The Kier molecular flexibility index (Phi) is 4.49. The van der Waals surface area contributed by atoms with E-state index >= 15 is 0 Å². The zero-order chi connectivity index (χ0) is 18.3. The molecule has 1 N–H and O–H groups in total. The van der Waals surface area contributed by atoms with Gasteiger partial charge < -0.3 is 9.52 Å². The van der Waals surface area contributed by atoms with Crippen LogP contribution in [0.25, 0.3) is 11.0 Å². The van der Waals surface area contributed by atoms with Crippen LogP contribution in [0, 0.1) is 5.82 Å². The van der Waals surface area contributed by atoms with Gasteiger partial charge in [0.1, 0.15) is 11.4 Å². The Morgan fingerprint density at radius 1 is 1.31 bits per heavy atom. The van der Waals surface area contributed by atoms with Crippen molar-refractivity contribution in [3.63, 3.8) is 0 Å². The van der Waals surface area contributed by atoms with Gasteiger partial charge in [0.2, 0.25) is 0 Å². The van der Waals surface area contributed by atoms with E-state index in [9.17, 15) is 9.18 Å². The van der Waals surface area contributed by atoms with Crippen molar-refractivity contribution in [2.24, 2.45) is 0 Å². The molecule has 2 aromatic carbocycles. The fraction of sp³-hybridized carbons (Fsp3) is 0.286. The second kappa shape index (κ2) is 6.80. The van der Waals surface area contributed by atoms with Gasteiger partial charge in [-0.25, -0.2) is 4.39 Å². The van der Waals surface area contributed by atoms with Crippen molar-refractivity contribution in [2.75, 3.05) is 0 Å². The Balaban J connectivity index is 1.63. The number of fused-ring (bicyclic) bond motifs is 2. The molecule has 1 unspecified atom stereocenters. The number of benzene rings is 2. The molecule has 0 radical (unpaired) electrons. The number of carbonyl (C=O) groups is 1. The average molecular weight is 370 g/mol. The molecular weight excluding hydrogens is 351 g/mol. The molecule has 4 rings (SSSR count). The van der Waals surface area contributed by atoms with Crippen molar-refractivity contribution in [1.29, 1.82) is 0 Å². The number of carboxylic acid groups (broad SMARTS) is 1. The van der Waals surface area contributed by atoms with Gasteiger partial charge in [0, 0.05) is 26.7 Å². The van der Waals surface area contributed by atoms with E-state index in [4.69, 9.17) is 9.52 Å². The molecule has 1 aromatic heterocycles. The number of furan rings is 1. The Hall–Kier alpha value is -2.27. The first-order chi connectivity index (χ1) is 12.6. The minimum absolute atomic E-state index is 0.0551. The second-order valence-corrected chi connectivity index (χ2v) is 7.86. The molecule has 5 heteroatoms. The standard InChI is InChI=1S/C21H19FO3S/c1-2-12-3-7-17(22)21-16(12)6-8-19(21)26-14-4-5-15-13(9-20(23)24)11-25-18(15)10-14/h3-5,7,10-11,19H,2,6,8-9H2,1H3,(H,23,24). The van der Waals surface area contributed by atoms with Crippen LogP contribution in [-0.2, 0) is 24.1 Å². The van der Waals surface area contributed by atoms with Crippen molar-refractivity contribution in [1.82, 2.24) is 0 Å². The van der Waals surface area contributed by atoms with Crippen LogP contribution < -0.4 is 0 Å². The van der Waals surface area contributed by atoms with E-state index in [1.54, 1.807) is 17.8 Å². The Labute approximate surface area is 155 Å². The summed E-state index contributed by atoms with van der Waals surface area (Å²) in [4.78, 5) is 11.9. The maximum atomic E-state index is 14.5. The maximum Gasteiger partial charge on any atom is 0.307 e. The zero-order valence-electron chi connectivity index (χ0n) is 14.4. The van der Waals surface area contributed by atoms with Crippen LogP contribution in [0.3, 0.4) is 0 Å². The minimum atomic E-state index is -0.879. The third-order valence-electron chi connectivity index (χ3n) is 5.01. The van der Waals surface area contributed by atoms with E-state index in [0.29, 0.717) is 11.1 Å². The minimum Gasteiger partial charge on any atom is -0.481 e. The average Bonchev–Trinajstić information content (AvgIpc) is 3.20. The Morgan fingerprint density at radius 2 is 2.15 bits per heavy atom. The highest BCUT2D eigenvalue weighted by atomic mass is 32.2. The van der Waals surface area contributed by atoms with Crippen molar-refractivity contribution in [3.05, 3.63) is 64.7 Å². The molecule has 0 amide bonds. The first-order valence-corrected chi connectivity index (χ1v) is 9.63. The summed E-state index contributed by atoms with van der Waals surface area (Å²) in [6.45, 7) is 2.10. The number of rotatable bonds is 5. The quantitative estimate of drug-likeness (QED) is 0.640. The summed E-state index contributed by atoms with van der Waals surface area (Å²) in [6.07, 6.45) is 4.21. The van der Waals surface area contributed by atoms with Gasteiger partial charge in [0.05, 0.1) is 12.7 Å². The lowest BCUT2D eigenvalue weighted by molar-refractivity contribution is -0.136. The molecule has 0 spiro atoms. The number of thioether (sulfide) groups is 1. The molecule has 0 saturated heterocycles. The van der Waals surface area contributed by atoms with E-state index in [1.165, 1.54) is 17.4 Å². The number of carboxylic acids is 1. The predicted octanol–water partition coefficient (Wildman–Crippen LogP) is 5.54. The fourth-order valence-corrected chi connectivity index (χ4v) is 5.05. The van der Waals surface area contributed by atoms with Crippen LogP contribution in [0.4, 0.5) is 4.39 Å². The Bertz CT molecular complexity index is 992. The molecule has 1 aliphatic rings. The van der Waals surface area contributed by atoms with Crippen LogP contribution in [0.15, 0.2) is 45.9 Å². The summed E-state index contributed by atoms with van der Waals surface area (Å²) >= 11 is 1.65. The van der Waals surface area contributed by atoms with Gasteiger partial charge in [-0.3, -0.25) is 4.79 Å². The molecule has 134 valence electrons. The number of hydrogen-bond donors (Lipinski definition) is 1. The van der Waals surface area contributed by atoms with E-state index < -0.39 is 5.97 Å². The Morgan fingerprint density at radius 3 is 2.92 bits per heavy atom. The van der Waals surface area contributed by atoms with Crippen molar-refractivity contribution in [3.8, 4) is 0 Å². The summed E-state index contributed by atoms with van der Waals surface area (Å²) in [7, 11) is 0. The fourth-order valence-electron chi connectivity index (χ4n) is 3.79. The van der Waals surface area contributed by atoms with E-state index in [2.05, 4.69) is 6.92 Å². The first kappa shape index (κ1) is 17.2. The summed E-state index contributed by atoms with van der Waals surface area (Å²) in [5.74, 6) is -0.995. The van der Waals surface area contributed by atoms with Crippen LogP contribution in [0.2, 0.25) is 0 Å². The highest BCUT2D eigenvalue weighted by Crippen LogP contribution is 2.47. The lowest BCUT2D eigenvalue weighted by Crippen LogP contribution is -1.98. The molecule has 0 aliphatic heterocycles. The van der Waals surface area contributed by atoms with Crippen LogP contribution in [-0.4, -0.2) is 11.1 Å². The molecular formula is C21H19FO3S. The molecule has 26 heavy (non-hydrogen) atoms. The van der Waals surface area contributed by atoms with Gasteiger partial charge in [0.15, 0.2) is 0 Å². The van der Waals surface area contributed by atoms with Crippen molar-refractivity contribution >= 4 is 28.7 Å². The summed E-state index contributed by atoms with van der Waals surface area (Å²) in [5.41, 5.74) is 4.61. The van der Waals surface area contributed by atoms with Gasteiger partial charge in [0.25, 0.3) is 0 Å². The monoisotopic (exact) mass is 370 g/mol. The van der Waals surface area contributed by atoms with Gasteiger partial charge in [-0.05, 0) is 54.7 Å². The van der Waals surface area contributed by atoms with E-state index in [1.807, 2.05) is 24.3 Å². The third-order valence-corrected chi connectivity index (χ3v) is 6.29. The van der Waals surface area contributed by atoms with Gasteiger partial charge in [-0.1, -0.05) is 13.0 Å². The van der Waals surface area contributed by atoms with Gasteiger partial charge >= 0.3 is 5.97 Å². The topological polar surface area (TPSA) is 50.4 Å². The number of aliphatic carboxylic acids is 1. The lowest BCUT2D eigenvalue weighted by Gasteiger charge is -2.13. The number of hydrogen-bond acceptors (Lipinski definition) is 3. The highest BCUT2D eigenvalue weighted by molar-refractivity contribution is 7.99. The van der Waals surface area contributed by atoms with E-state index in [-0.39, 0.29) is 17.5 Å². The first-order valence-electron chi connectivity index (χ1n) is 8.75.